The van der Waals surface area contributed by atoms with Crippen LogP contribution < -0.4 is 5.73 Å². The molecule has 0 unspecified atom stereocenters. The van der Waals surface area contributed by atoms with Crippen LogP contribution in [-0.4, -0.2) is 35.1 Å². The SMILES string of the molecule is Cc1noc(C)c1CCC(=O)N1C[C@@H](N)[C@H](c2ccccc2)C1. The summed E-state index contributed by atoms with van der Waals surface area (Å²) in [5, 5.41) is 3.94. The number of nitrogens with zero attached hydrogens (tertiary/aromatic N) is 2. The van der Waals surface area contributed by atoms with E-state index in [1.54, 1.807) is 0 Å². The standard InChI is InChI=1S/C18H23N3O2/c1-12-15(13(2)23-20-12)8-9-18(22)21-10-16(17(19)11-21)14-6-4-3-5-7-14/h3-7,16-17H,8-11,19H2,1-2H3/t16-,17+/m0/s1. The van der Waals surface area contributed by atoms with Gasteiger partial charge in [-0.1, -0.05) is 35.5 Å². The first-order valence-corrected chi connectivity index (χ1v) is 8.06. The van der Waals surface area contributed by atoms with E-state index in [4.69, 9.17) is 10.3 Å². The average molecular weight is 313 g/mol. The summed E-state index contributed by atoms with van der Waals surface area (Å²) in [5.74, 6) is 1.17. The van der Waals surface area contributed by atoms with Crippen molar-refractivity contribution in [3.8, 4) is 0 Å². The van der Waals surface area contributed by atoms with E-state index in [9.17, 15) is 4.79 Å². The average Bonchev–Trinajstić information content (AvgIpc) is 3.09. The molecule has 1 aliphatic rings. The first-order valence-electron chi connectivity index (χ1n) is 8.06. The van der Waals surface area contributed by atoms with E-state index in [0.29, 0.717) is 25.9 Å². The summed E-state index contributed by atoms with van der Waals surface area (Å²) in [6.45, 7) is 5.12. The highest BCUT2D eigenvalue weighted by Gasteiger charge is 2.33. The normalized spacial score (nSPS) is 20.9. The van der Waals surface area contributed by atoms with E-state index >= 15 is 0 Å². The third-order valence-corrected chi connectivity index (χ3v) is 4.72. The number of carbonyl (C=O) groups excluding carboxylic acids is 1. The number of aryl methyl sites for hydroxylation is 2. The second-order valence-corrected chi connectivity index (χ2v) is 6.28. The molecular formula is C18H23N3O2. The summed E-state index contributed by atoms with van der Waals surface area (Å²) in [6.07, 6.45) is 1.14. The van der Waals surface area contributed by atoms with Crippen LogP contribution >= 0.6 is 0 Å². The maximum Gasteiger partial charge on any atom is 0.222 e. The highest BCUT2D eigenvalue weighted by Crippen LogP contribution is 2.27. The molecule has 1 aromatic carbocycles. The van der Waals surface area contributed by atoms with E-state index in [1.165, 1.54) is 5.56 Å². The van der Waals surface area contributed by atoms with Gasteiger partial charge in [0.15, 0.2) is 0 Å². The van der Waals surface area contributed by atoms with Crippen molar-refractivity contribution in [3.63, 3.8) is 0 Å². The van der Waals surface area contributed by atoms with Gasteiger partial charge in [-0.15, -0.1) is 0 Å². The molecule has 0 bridgehead atoms. The Morgan fingerprint density at radius 1 is 1.30 bits per heavy atom. The van der Waals surface area contributed by atoms with Crippen molar-refractivity contribution in [3.05, 3.63) is 52.9 Å². The van der Waals surface area contributed by atoms with Crippen LogP contribution in [0.1, 0.15) is 34.9 Å². The molecule has 2 atom stereocenters. The molecule has 1 saturated heterocycles. The minimum Gasteiger partial charge on any atom is -0.361 e. The van der Waals surface area contributed by atoms with Crippen molar-refractivity contribution < 1.29 is 9.32 Å². The van der Waals surface area contributed by atoms with E-state index in [-0.39, 0.29) is 17.9 Å². The summed E-state index contributed by atoms with van der Waals surface area (Å²) in [5.41, 5.74) is 9.38. The molecule has 0 radical (unpaired) electrons. The van der Waals surface area contributed by atoms with Crippen molar-refractivity contribution >= 4 is 5.91 Å². The lowest BCUT2D eigenvalue weighted by Gasteiger charge is -2.16. The van der Waals surface area contributed by atoms with Gasteiger partial charge >= 0.3 is 0 Å². The zero-order valence-corrected chi connectivity index (χ0v) is 13.7. The van der Waals surface area contributed by atoms with Gasteiger partial charge in [-0.2, -0.15) is 0 Å². The number of hydrogen-bond acceptors (Lipinski definition) is 4. The lowest BCUT2D eigenvalue weighted by atomic mass is 9.95. The van der Waals surface area contributed by atoms with E-state index in [2.05, 4.69) is 17.3 Å². The second-order valence-electron chi connectivity index (χ2n) is 6.28. The quantitative estimate of drug-likeness (QED) is 0.939. The van der Waals surface area contributed by atoms with Gasteiger partial charge in [0.25, 0.3) is 0 Å². The highest BCUT2D eigenvalue weighted by atomic mass is 16.5. The topological polar surface area (TPSA) is 72.4 Å². The zero-order valence-electron chi connectivity index (χ0n) is 13.7. The van der Waals surface area contributed by atoms with Gasteiger partial charge in [0, 0.05) is 37.0 Å². The van der Waals surface area contributed by atoms with E-state index < -0.39 is 0 Å². The first-order chi connectivity index (χ1) is 11.1. The van der Waals surface area contributed by atoms with Crippen LogP contribution in [0.3, 0.4) is 0 Å². The molecule has 0 spiro atoms. The van der Waals surface area contributed by atoms with Gasteiger partial charge in [-0.05, 0) is 25.8 Å². The van der Waals surface area contributed by atoms with Crippen molar-refractivity contribution in [2.24, 2.45) is 5.73 Å². The Labute approximate surface area is 136 Å². The molecule has 122 valence electrons. The van der Waals surface area contributed by atoms with E-state index in [1.807, 2.05) is 36.9 Å². The van der Waals surface area contributed by atoms with Gasteiger partial charge in [0.2, 0.25) is 5.91 Å². The highest BCUT2D eigenvalue weighted by molar-refractivity contribution is 5.77. The zero-order chi connectivity index (χ0) is 16.4. The number of likely N-dealkylation sites (tertiary alicyclic amines) is 1. The molecule has 2 aromatic rings. The number of carbonyl (C=O) groups is 1. The predicted octanol–water partition coefficient (Wildman–Crippen LogP) is 2.18. The fraction of sp³-hybridized carbons (Fsp3) is 0.444. The molecule has 1 aromatic heterocycles. The molecule has 0 aliphatic carbocycles. The van der Waals surface area contributed by atoms with Crippen LogP contribution in [0.25, 0.3) is 0 Å². The van der Waals surface area contributed by atoms with Crippen molar-refractivity contribution in [2.45, 2.75) is 38.6 Å². The summed E-state index contributed by atoms with van der Waals surface area (Å²) in [7, 11) is 0. The predicted molar refractivity (Wildman–Crippen MR) is 88.0 cm³/mol. The lowest BCUT2D eigenvalue weighted by molar-refractivity contribution is -0.130. The molecule has 5 heteroatoms. The summed E-state index contributed by atoms with van der Waals surface area (Å²) >= 11 is 0. The number of benzene rings is 1. The Hall–Kier alpha value is -2.14. The van der Waals surface area contributed by atoms with Crippen molar-refractivity contribution in [1.82, 2.24) is 10.1 Å². The minimum absolute atomic E-state index is 0.000383. The summed E-state index contributed by atoms with van der Waals surface area (Å²) in [6, 6.07) is 10.2. The first kappa shape index (κ1) is 15.7. The van der Waals surface area contributed by atoms with Crippen molar-refractivity contribution in [1.29, 1.82) is 0 Å². The molecule has 0 saturated carbocycles. The Bertz CT molecular complexity index is 661. The molecular weight excluding hydrogens is 290 g/mol. The van der Waals surface area contributed by atoms with Crippen LogP contribution in [0.2, 0.25) is 0 Å². The third kappa shape index (κ3) is 3.29. The second kappa shape index (κ2) is 6.54. The minimum atomic E-state index is 0.000383. The fourth-order valence-electron chi connectivity index (χ4n) is 3.33. The van der Waals surface area contributed by atoms with Gasteiger partial charge < -0.3 is 15.2 Å². The van der Waals surface area contributed by atoms with E-state index in [0.717, 1.165) is 17.0 Å². The molecule has 1 fully saturated rings. The maximum absolute atomic E-state index is 12.5. The Kier molecular flexibility index (Phi) is 4.48. The van der Waals surface area contributed by atoms with Gasteiger partial charge in [0.05, 0.1) is 5.69 Å². The van der Waals surface area contributed by atoms with Gasteiger partial charge in [-0.3, -0.25) is 4.79 Å². The summed E-state index contributed by atoms with van der Waals surface area (Å²) in [4.78, 5) is 14.4. The van der Waals surface area contributed by atoms with Crippen LogP contribution in [0.4, 0.5) is 0 Å². The molecule has 2 N–H and O–H groups in total. The smallest absolute Gasteiger partial charge is 0.222 e. The van der Waals surface area contributed by atoms with Crippen LogP contribution in [0.15, 0.2) is 34.9 Å². The van der Waals surface area contributed by atoms with Crippen molar-refractivity contribution in [2.75, 3.05) is 13.1 Å². The Balaban J connectivity index is 1.61. The molecule has 1 amide bonds. The molecule has 3 rings (SSSR count). The summed E-state index contributed by atoms with van der Waals surface area (Å²) < 4.78 is 5.15. The van der Waals surface area contributed by atoms with Gasteiger partial charge in [0.1, 0.15) is 5.76 Å². The number of rotatable bonds is 4. The van der Waals surface area contributed by atoms with Crippen LogP contribution in [0, 0.1) is 13.8 Å². The molecule has 5 nitrogen and oxygen atoms in total. The molecule has 2 heterocycles. The molecule has 23 heavy (non-hydrogen) atoms. The fourth-order valence-corrected chi connectivity index (χ4v) is 3.33. The van der Waals surface area contributed by atoms with Crippen LogP contribution in [-0.2, 0) is 11.2 Å². The molecule has 1 aliphatic heterocycles. The maximum atomic E-state index is 12.5. The number of nitrogens with two attached hydrogens (primary N) is 1. The third-order valence-electron chi connectivity index (χ3n) is 4.72. The van der Waals surface area contributed by atoms with Gasteiger partial charge in [-0.25, -0.2) is 0 Å². The lowest BCUT2D eigenvalue weighted by Crippen LogP contribution is -2.32. The number of amides is 1. The monoisotopic (exact) mass is 313 g/mol. The largest absolute Gasteiger partial charge is 0.361 e. The Morgan fingerprint density at radius 2 is 2.04 bits per heavy atom. The number of aromatic nitrogens is 1. The Morgan fingerprint density at radius 3 is 2.70 bits per heavy atom. The number of hydrogen-bond donors (Lipinski definition) is 1. The van der Waals surface area contributed by atoms with Crippen LogP contribution in [0.5, 0.6) is 0 Å².